The van der Waals surface area contributed by atoms with Crippen LogP contribution in [0.5, 0.6) is 0 Å². The minimum absolute atomic E-state index is 0.0503. The zero-order chi connectivity index (χ0) is 12.4. The minimum Gasteiger partial charge on any atom is -0.397 e. The largest absolute Gasteiger partial charge is 0.397 e. The molecule has 0 atom stereocenters. The summed E-state index contributed by atoms with van der Waals surface area (Å²) in [5, 5.41) is 7.94. The Morgan fingerprint density at radius 3 is 2.65 bits per heavy atom. The molecule has 2 rings (SSSR count). The Morgan fingerprint density at radius 2 is 1.94 bits per heavy atom. The molecule has 0 spiro atoms. The number of nitrogens with zero attached hydrogens (tertiary/aromatic N) is 1. The lowest BCUT2D eigenvalue weighted by molar-refractivity contribution is 0.627. The van der Waals surface area contributed by atoms with Gasteiger partial charge in [0, 0.05) is 5.56 Å². The van der Waals surface area contributed by atoms with Gasteiger partial charge in [-0.1, -0.05) is 12.1 Å². The van der Waals surface area contributed by atoms with Crippen LogP contribution in [0.2, 0.25) is 0 Å². The van der Waals surface area contributed by atoms with E-state index in [4.69, 9.17) is 16.9 Å². The lowest BCUT2D eigenvalue weighted by Crippen LogP contribution is -2.09. The third-order valence-electron chi connectivity index (χ3n) is 2.30. The second kappa shape index (κ2) is 4.21. The molecule has 1 aromatic carbocycles. The summed E-state index contributed by atoms with van der Waals surface area (Å²) in [6, 6.07) is 8.85. The smallest absolute Gasteiger partial charge is 0.124 e. The molecule has 0 unspecified atom stereocenters. The van der Waals surface area contributed by atoms with E-state index < -0.39 is 5.82 Å². The summed E-state index contributed by atoms with van der Waals surface area (Å²) in [7, 11) is 0. The number of anilines is 2. The molecule has 0 aliphatic heterocycles. The van der Waals surface area contributed by atoms with Crippen molar-refractivity contribution < 1.29 is 4.39 Å². The van der Waals surface area contributed by atoms with Crippen molar-refractivity contribution in [3.05, 3.63) is 53.5 Å². The van der Waals surface area contributed by atoms with Gasteiger partial charge in [-0.05, 0) is 24.3 Å². The summed E-state index contributed by atoms with van der Waals surface area (Å²) in [6.45, 7) is 0. The predicted molar refractivity (Wildman–Crippen MR) is 65.4 cm³/mol. The predicted octanol–water partition coefficient (Wildman–Crippen LogP) is 1.80. The van der Waals surface area contributed by atoms with Crippen LogP contribution in [0.15, 0.2) is 36.4 Å². The van der Waals surface area contributed by atoms with Crippen molar-refractivity contribution in [3.8, 4) is 0 Å². The second-order valence-corrected chi connectivity index (χ2v) is 3.56. The fraction of sp³-hybridized carbons (Fsp3) is 0. The quantitative estimate of drug-likeness (QED) is 0.687. The average Bonchev–Trinajstić information content (AvgIpc) is 2.31. The van der Waals surface area contributed by atoms with Crippen LogP contribution in [0.3, 0.4) is 0 Å². The molecule has 2 aromatic rings. The lowest BCUT2D eigenvalue weighted by Gasteiger charge is -2.07. The Bertz CT molecular complexity index is 580. The summed E-state index contributed by atoms with van der Waals surface area (Å²) in [6.07, 6.45) is 0. The monoisotopic (exact) mass is 230 g/mol. The van der Waals surface area contributed by atoms with E-state index in [2.05, 4.69) is 4.98 Å². The Balaban J connectivity index is 2.47. The van der Waals surface area contributed by atoms with E-state index in [-0.39, 0.29) is 17.2 Å². The first-order chi connectivity index (χ1) is 8.08. The number of pyridine rings is 1. The molecular formula is C12H11FN4. The molecule has 0 aliphatic carbocycles. The molecule has 5 heteroatoms. The van der Waals surface area contributed by atoms with E-state index in [1.165, 1.54) is 18.2 Å². The molecular weight excluding hydrogens is 219 g/mol. The number of hydrogen-bond acceptors (Lipinski definition) is 4. The van der Waals surface area contributed by atoms with Gasteiger partial charge in [0.2, 0.25) is 0 Å². The molecule has 0 radical (unpaired) electrons. The van der Waals surface area contributed by atoms with Gasteiger partial charge in [0.15, 0.2) is 0 Å². The van der Waals surface area contributed by atoms with Crippen molar-refractivity contribution in [1.29, 1.82) is 5.41 Å². The van der Waals surface area contributed by atoms with Gasteiger partial charge in [-0.3, -0.25) is 5.41 Å². The number of nitrogens with one attached hydrogen (secondary N) is 1. The summed E-state index contributed by atoms with van der Waals surface area (Å²) < 4.78 is 13.1. The van der Waals surface area contributed by atoms with Crippen molar-refractivity contribution in [2.75, 3.05) is 11.5 Å². The SMILES string of the molecule is N=C(c1cccc(F)c1)c1nc(N)ccc1N. The summed E-state index contributed by atoms with van der Waals surface area (Å²) in [5.41, 5.74) is 12.3. The van der Waals surface area contributed by atoms with E-state index in [0.717, 1.165) is 0 Å². The van der Waals surface area contributed by atoms with E-state index in [1.807, 2.05) is 0 Å². The molecule has 86 valence electrons. The molecule has 0 saturated carbocycles. The maximum atomic E-state index is 13.1. The van der Waals surface area contributed by atoms with Crippen molar-refractivity contribution in [2.24, 2.45) is 0 Å². The van der Waals surface area contributed by atoms with Crippen LogP contribution < -0.4 is 11.5 Å². The molecule has 0 bridgehead atoms. The maximum absolute atomic E-state index is 13.1. The molecule has 1 aromatic heterocycles. The Morgan fingerprint density at radius 1 is 1.18 bits per heavy atom. The molecule has 0 aliphatic rings. The highest BCUT2D eigenvalue weighted by atomic mass is 19.1. The normalized spacial score (nSPS) is 10.2. The van der Waals surface area contributed by atoms with E-state index in [9.17, 15) is 4.39 Å². The first-order valence-electron chi connectivity index (χ1n) is 4.95. The highest BCUT2D eigenvalue weighted by molar-refractivity contribution is 6.12. The third kappa shape index (κ3) is 2.23. The van der Waals surface area contributed by atoms with Gasteiger partial charge >= 0.3 is 0 Å². The average molecular weight is 230 g/mol. The molecule has 5 N–H and O–H groups in total. The Kier molecular flexibility index (Phi) is 2.74. The highest BCUT2D eigenvalue weighted by Crippen LogP contribution is 2.16. The number of benzene rings is 1. The standard InChI is InChI=1S/C12H11FN4/c13-8-3-1-2-7(6-8)11(16)12-9(14)4-5-10(15)17-12/h1-6,16H,14H2,(H2,15,17). The molecule has 1 heterocycles. The maximum Gasteiger partial charge on any atom is 0.124 e. The molecule has 0 amide bonds. The van der Waals surface area contributed by atoms with E-state index >= 15 is 0 Å². The van der Waals surface area contributed by atoms with Crippen molar-refractivity contribution in [1.82, 2.24) is 4.98 Å². The van der Waals surface area contributed by atoms with Gasteiger partial charge < -0.3 is 11.5 Å². The Hall–Kier alpha value is -2.43. The number of nitrogens with two attached hydrogens (primary N) is 2. The zero-order valence-corrected chi connectivity index (χ0v) is 8.94. The van der Waals surface area contributed by atoms with Crippen LogP contribution in [-0.4, -0.2) is 10.7 Å². The number of aromatic nitrogens is 1. The van der Waals surface area contributed by atoms with Gasteiger partial charge in [0.05, 0.1) is 11.4 Å². The van der Waals surface area contributed by atoms with Crippen LogP contribution in [0.25, 0.3) is 0 Å². The van der Waals surface area contributed by atoms with Crippen molar-refractivity contribution in [3.63, 3.8) is 0 Å². The van der Waals surface area contributed by atoms with Crippen LogP contribution in [0, 0.1) is 11.2 Å². The fourth-order valence-electron chi connectivity index (χ4n) is 1.47. The van der Waals surface area contributed by atoms with Gasteiger partial charge in [0.25, 0.3) is 0 Å². The van der Waals surface area contributed by atoms with E-state index in [0.29, 0.717) is 11.3 Å². The van der Waals surface area contributed by atoms with Crippen LogP contribution in [-0.2, 0) is 0 Å². The first kappa shape index (κ1) is 11.1. The molecule has 0 fully saturated rings. The topological polar surface area (TPSA) is 88.8 Å². The summed E-state index contributed by atoms with van der Waals surface area (Å²) >= 11 is 0. The first-order valence-corrected chi connectivity index (χ1v) is 4.95. The van der Waals surface area contributed by atoms with Crippen LogP contribution in [0.1, 0.15) is 11.3 Å². The molecule has 0 saturated heterocycles. The molecule has 17 heavy (non-hydrogen) atoms. The Labute approximate surface area is 97.6 Å². The lowest BCUT2D eigenvalue weighted by atomic mass is 10.1. The van der Waals surface area contributed by atoms with Crippen LogP contribution in [0.4, 0.5) is 15.9 Å². The van der Waals surface area contributed by atoms with Gasteiger partial charge in [0.1, 0.15) is 17.3 Å². The van der Waals surface area contributed by atoms with Gasteiger partial charge in [-0.15, -0.1) is 0 Å². The van der Waals surface area contributed by atoms with E-state index in [1.54, 1.807) is 18.2 Å². The van der Waals surface area contributed by atoms with Crippen molar-refractivity contribution in [2.45, 2.75) is 0 Å². The van der Waals surface area contributed by atoms with Crippen molar-refractivity contribution >= 4 is 17.2 Å². The molecule has 4 nitrogen and oxygen atoms in total. The second-order valence-electron chi connectivity index (χ2n) is 3.56. The number of halogens is 1. The third-order valence-corrected chi connectivity index (χ3v) is 2.30. The summed E-state index contributed by atoms with van der Waals surface area (Å²) in [5.74, 6) is -0.134. The number of rotatable bonds is 2. The zero-order valence-electron chi connectivity index (χ0n) is 8.94. The van der Waals surface area contributed by atoms with Gasteiger partial charge in [-0.2, -0.15) is 0 Å². The number of nitrogen functional groups attached to an aromatic ring is 2. The number of hydrogen-bond donors (Lipinski definition) is 3. The fourth-order valence-corrected chi connectivity index (χ4v) is 1.47. The highest BCUT2D eigenvalue weighted by Gasteiger charge is 2.11. The van der Waals surface area contributed by atoms with Crippen LogP contribution >= 0.6 is 0 Å². The summed E-state index contributed by atoms with van der Waals surface area (Å²) in [4.78, 5) is 3.98. The minimum atomic E-state index is -0.408. The van der Waals surface area contributed by atoms with Gasteiger partial charge in [-0.25, -0.2) is 9.37 Å².